The van der Waals surface area contributed by atoms with Crippen LogP contribution in [0.4, 0.5) is 0 Å². The third-order valence-corrected chi connectivity index (χ3v) is 6.00. The van der Waals surface area contributed by atoms with Crippen molar-refractivity contribution in [2.75, 3.05) is 0 Å². The third-order valence-electron chi connectivity index (χ3n) is 6.00. The highest BCUT2D eigenvalue weighted by molar-refractivity contribution is 5.81. The van der Waals surface area contributed by atoms with Crippen molar-refractivity contribution in [3.05, 3.63) is 95.6 Å². The fourth-order valence-electron chi connectivity index (χ4n) is 4.20. The van der Waals surface area contributed by atoms with Crippen molar-refractivity contribution in [1.29, 1.82) is 5.26 Å². The molecule has 1 aliphatic carbocycles. The van der Waals surface area contributed by atoms with Gasteiger partial charge in [0.25, 0.3) is 0 Å². The van der Waals surface area contributed by atoms with E-state index in [4.69, 9.17) is 4.74 Å². The maximum Gasteiger partial charge on any atom is 0.326 e. The van der Waals surface area contributed by atoms with Gasteiger partial charge in [-0.1, -0.05) is 85.6 Å². The maximum absolute atomic E-state index is 13.0. The number of hydrogen-bond acceptors (Lipinski definition) is 4. The van der Waals surface area contributed by atoms with E-state index in [1.54, 1.807) is 0 Å². The van der Waals surface area contributed by atoms with Crippen LogP contribution >= 0.6 is 0 Å². The highest BCUT2D eigenvalue weighted by atomic mass is 16.5. The minimum absolute atomic E-state index is 0.159. The summed E-state index contributed by atoms with van der Waals surface area (Å²) in [4.78, 5) is 13.0. The smallest absolute Gasteiger partial charge is 0.326 e. The van der Waals surface area contributed by atoms with E-state index in [1.165, 1.54) is 0 Å². The van der Waals surface area contributed by atoms with Crippen LogP contribution in [0.25, 0.3) is 11.1 Å². The number of nitriles is 1. The summed E-state index contributed by atoms with van der Waals surface area (Å²) in [7, 11) is 0. The van der Waals surface area contributed by atoms with Crippen LogP contribution < -0.4 is 5.32 Å². The first-order chi connectivity index (χ1) is 15.2. The second-order valence-electron chi connectivity index (χ2n) is 8.06. The number of rotatable bonds is 7. The van der Waals surface area contributed by atoms with Gasteiger partial charge in [0, 0.05) is 6.54 Å². The zero-order chi connectivity index (χ0) is 21.5. The van der Waals surface area contributed by atoms with Gasteiger partial charge in [-0.05, 0) is 41.2 Å². The van der Waals surface area contributed by atoms with Crippen LogP contribution in [0.3, 0.4) is 0 Å². The largest absolute Gasteiger partial charge is 0.459 e. The Morgan fingerprint density at radius 1 is 0.903 bits per heavy atom. The molecule has 0 spiro atoms. The molecule has 1 fully saturated rings. The summed E-state index contributed by atoms with van der Waals surface area (Å²) in [5.74, 6) is -0.159. The first-order valence-electron chi connectivity index (χ1n) is 10.7. The molecule has 0 aliphatic heterocycles. The maximum atomic E-state index is 13.0. The molecule has 0 amide bonds. The Labute approximate surface area is 183 Å². The van der Waals surface area contributed by atoms with Gasteiger partial charge in [0.1, 0.15) is 12.1 Å². The summed E-state index contributed by atoms with van der Waals surface area (Å²) >= 11 is 0. The van der Waals surface area contributed by atoms with Crippen LogP contribution in [0.15, 0.2) is 78.9 Å². The quantitative estimate of drug-likeness (QED) is 0.532. The topological polar surface area (TPSA) is 62.1 Å². The zero-order valence-corrected chi connectivity index (χ0v) is 17.5. The van der Waals surface area contributed by atoms with E-state index in [2.05, 4.69) is 23.5 Å². The van der Waals surface area contributed by atoms with E-state index >= 15 is 0 Å². The van der Waals surface area contributed by atoms with Crippen LogP contribution in [-0.2, 0) is 22.7 Å². The summed E-state index contributed by atoms with van der Waals surface area (Å²) in [6.07, 6.45) is 3.65. The highest BCUT2D eigenvalue weighted by Crippen LogP contribution is 2.32. The lowest BCUT2D eigenvalue weighted by Gasteiger charge is -2.28. The predicted octanol–water partition coefficient (Wildman–Crippen LogP) is 5.37. The molecule has 1 N–H and O–H groups in total. The molecule has 3 aromatic carbocycles. The summed E-state index contributed by atoms with van der Waals surface area (Å²) in [5, 5.41) is 12.8. The first kappa shape index (κ1) is 20.8. The second-order valence-corrected chi connectivity index (χ2v) is 8.06. The van der Waals surface area contributed by atoms with E-state index in [-0.39, 0.29) is 5.97 Å². The van der Waals surface area contributed by atoms with E-state index in [1.807, 2.05) is 66.7 Å². The molecule has 0 radical (unpaired) electrons. The Hall–Kier alpha value is -3.42. The molecule has 0 saturated heterocycles. The van der Waals surface area contributed by atoms with Gasteiger partial charge in [-0.25, -0.2) is 0 Å². The van der Waals surface area contributed by atoms with E-state index in [9.17, 15) is 10.1 Å². The predicted molar refractivity (Wildman–Crippen MR) is 121 cm³/mol. The molecule has 0 aromatic heterocycles. The standard InChI is InChI=1S/C27H26N2O2/c28-18-24-10-4-5-11-25(24)23-14-12-21(13-15-23)19-29-27(16-6-7-17-27)26(30)31-20-22-8-2-1-3-9-22/h1-5,8-15,29H,6-7,16-17,19-20H2. The molecule has 4 rings (SSSR count). The van der Waals surface area contributed by atoms with Crippen molar-refractivity contribution < 1.29 is 9.53 Å². The zero-order valence-electron chi connectivity index (χ0n) is 17.5. The van der Waals surface area contributed by atoms with Crippen LogP contribution in [-0.4, -0.2) is 11.5 Å². The van der Waals surface area contributed by atoms with Gasteiger partial charge in [0.2, 0.25) is 0 Å². The lowest BCUT2D eigenvalue weighted by molar-refractivity contribution is -0.153. The van der Waals surface area contributed by atoms with Gasteiger partial charge in [-0.2, -0.15) is 5.26 Å². The molecule has 1 saturated carbocycles. The second kappa shape index (κ2) is 9.59. The van der Waals surface area contributed by atoms with Gasteiger partial charge < -0.3 is 4.74 Å². The summed E-state index contributed by atoms with van der Waals surface area (Å²) < 4.78 is 5.67. The number of carbonyl (C=O) groups excluding carboxylic acids is 1. The Morgan fingerprint density at radius 2 is 1.58 bits per heavy atom. The van der Waals surface area contributed by atoms with Crippen LogP contribution in [0.5, 0.6) is 0 Å². The molecule has 156 valence electrons. The molecule has 31 heavy (non-hydrogen) atoms. The van der Waals surface area contributed by atoms with Crippen molar-refractivity contribution >= 4 is 5.97 Å². The van der Waals surface area contributed by atoms with Gasteiger partial charge >= 0.3 is 5.97 Å². The molecule has 0 atom stereocenters. The first-order valence-corrected chi connectivity index (χ1v) is 10.7. The van der Waals surface area contributed by atoms with Crippen molar-refractivity contribution in [2.45, 2.75) is 44.4 Å². The lowest BCUT2D eigenvalue weighted by Crippen LogP contribution is -2.50. The highest BCUT2D eigenvalue weighted by Gasteiger charge is 2.42. The van der Waals surface area contributed by atoms with E-state index in [0.717, 1.165) is 47.9 Å². The molecule has 1 aliphatic rings. The lowest BCUT2D eigenvalue weighted by atomic mass is 9.96. The van der Waals surface area contributed by atoms with Crippen molar-refractivity contribution in [2.24, 2.45) is 0 Å². The van der Waals surface area contributed by atoms with Crippen LogP contribution in [0.2, 0.25) is 0 Å². The van der Waals surface area contributed by atoms with Crippen molar-refractivity contribution in [1.82, 2.24) is 5.32 Å². The van der Waals surface area contributed by atoms with Gasteiger partial charge in [0.05, 0.1) is 11.6 Å². The Bertz CT molecular complexity index is 1060. The third kappa shape index (κ3) is 4.84. The van der Waals surface area contributed by atoms with Gasteiger partial charge in [-0.15, -0.1) is 0 Å². The SMILES string of the molecule is N#Cc1ccccc1-c1ccc(CNC2(C(=O)OCc3ccccc3)CCCC2)cc1. The fourth-order valence-corrected chi connectivity index (χ4v) is 4.20. The van der Waals surface area contributed by atoms with E-state index < -0.39 is 5.54 Å². The number of carbonyl (C=O) groups is 1. The number of ether oxygens (including phenoxy) is 1. The minimum atomic E-state index is -0.610. The van der Waals surface area contributed by atoms with Crippen LogP contribution in [0.1, 0.15) is 42.4 Å². The number of esters is 1. The normalized spacial score (nSPS) is 14.7. The minimum Gasteiger partial charge on any atom is -0.459 e. The van der Waals surface area contributed by atoms with Crippen molar-refractivity contribution in [3.63, 3.8) is 0 Å². The average molecular weight is 411 g/mol. The molecule has 4 nitrogen and oxygen atoms in total. The monoisotopic (exact) mass is 410 g/mol. The average Bonchev–Trinajstić information content (AvgIpc) is 3.32. The number of hydrogen-bond donors (Lipinski definition) is 1. The molecular weight excluding hydrogens is 384 g/mol. The Balaban J connectivity index is 1.41. The summed E-state index contributed by atoms with van der Waals surface area (Å²) in [6, 6.07) is 27.8. The molecule has 0 unspecified atom stereocenters. The number of nitrogens with one attached hydrogen (secondary N) is 1. The number of nitrogens with zero attached hydrogens (tertiary/aromatic N) is 1. The molecule has 0 bridgehead atoms. The fraction of sp³-hybridized carbons (Fsp3) is 0.259. The van der Waals surface area contributed by atoms with Gasteiger partial charge in [-0.3, -0.25) is 10.1 Å². The van der Waals surface area contributed by atoms with Crippen LogP contribution in [0, 0.1) is 11.3 Å². The Kier molecular flexibility index (Phi) is 6.45. The molecule has 4 heteroatoms. The molecule has 0 heterocycles. The molecular formula is C27H26N2O2. The van der Waals surface area contributed by atoms with E-state index in [0.29, 0.717) is 18.7 Å². The number of benzene rings is 3. The van der Waals surface area contributed by atoms with Gasteiger partial charge in [0.15, 0.2) is 0 Å². The Morgan fingerprint density at radius 3 is 2.29 bits per heavy atom. The summed E-state index contributed by atoms with van der Waals surface area (Å²) in [5.41, 5.74) is 4.10. The van der Waals surface area contributed by atoms with Crippen molar-refractivity contribution in [3.8, 4) is 17.2 Å². The summed E-state index contributed by atoms with van der Waals surface area (Å²) in [6.45, 7) is 0.900. The molecule has 3 aromatic rings.